The molecule has 0 amide bonds. The first-order chi connectivity index (χ1) is 10.5. The number of nitrogens with zero attached hydrogens (tertiary/aromatic N) is 1. The Labute approximate surface area is 134 Å². The molecule has 4 saturated carbocycles. The summed E-state index contributed by atoms with van der Waals surface area (Å²) in [7, 11) is 0. The lowest BCUT2D eigenvalue weighted by Crippen LogP contribution is -2.57. The summed E-state index contributed by atoms with van der Waals surface area (Å²) < 4.78 is 6.34. The number of hydrogen-bond donors (Lipinski definition) is 0. The Morgan fingerprint density at radius 1 is 1.05 bits per heavy atom. The molecule has 0 N–H and O–H groups in total. The number of nitriles is 1. The first-order valence-electron chi connectivity index (χ1n) is 9.60. The summed E-state index contributed by atoms with van der Waals surface area (Å²) in [4.78, 5) is 0. The molecular formula is C20H29NO. The summed E-state index contributed by atoms with van der Waals surface area (Å²) in [6, 6.07) is 2.59. The molecule has 22 heavy (non-hydrogen) atoms. The van der Waals surface area contributed by atoms with Crippen LogP contribution in [0.1, 0.15) is 71.6 Å². The van der Waals surface area contributed by atoms with Crippen molar-refractivity contribution in [3.8, 4) is 6.07 Å². The Morgan fingerprint density at radius 2 is 1.91 bits per heavy atom. The van der Waals surface area contributed by atoms with Crippen molar-refractivity contribution in [2.75, 3.05) is 0 Å². The van der Waals surface area contributed by atoms with Gasteiger partial charge in [-0.2, -0.15) is 5.26 Å². The topological polar surface area (TPSA) is 36.3 Å². The van der Waals surface area contributed by atoms with Crippen LogP contribution in [0.5, 0.6) is 0 Å². The number of epoxide rings is 1. The maximum Gasteiger partial charge on any atom is 0.100 e. The van der Waals surface area contributed by atoms with Crippen LogP contribution >= 0.6 is 0 Å². The largest absolute Gasteiger partial charge is 0.365 e. The average Bonchev–Trinajstić information content (AvgIpc) is 3.07. The first kappa shape index (κ1) is 13.8. The van der Waals surface area contributed by atoms with Gasteiger partial charge in [-0.3, -0.25) is 0 Å². The molecule has 1 saturated heterocycles. The molecule has 4 aliphatic carbocycles. The van der Waals surface area contributed by atoms with E-state index in [4.69, 9.17) is 4.74 Å². The van der Waals surface area contributed by atoms with E-state index >= 15 is 0 Å². The van der Waals surface area contributed by atoms with Gasteiger partial charge >= 0.3 is 0 Å². The predicted octanol–water partition coefficient (Wildman–Crippen LogP) is 4.69. The third kappa shape index (κ3) is 1.46. The first-order valence-corrected chi connectivity index (χ1v) is 9.60. The van der Waals surface area contributed by atoms with Crippen molar-refractivity contribution in [3.05, 3.63) is 0 Å². The molecule has 0 aromatic heterocycles. The van der Waals surface area contributed by atoms with Crippen molar-refractivity contribution in [1.29, 1.82) is 5.26 Å². The highest BCUT2D eigenvalue weighted by atomic mass is 16.6. The van der Waals surface area contributed by atoms with E-state index in [0.717, 1.165) is 30.6 Å². The minimum atomic E-state index is 0.174. The average molecular weight is 299 g/mol. The van der Waals surface area contributed by atoms with Gasteiger partial charge in [0.2, 0.25) is 0 Å². The predicted molar refractivity (Wildman–Crippen MR) is 84.9 cm³/mol. The number of ether oxygens (including phenoxy) is 1. The molecule has 5 rings (SSSR count). The summed E-state index contributed by atoms with van der Waals surface area (Å²) in [6.07, 6.45) is 12.4. The lowest BCUT2D eigenvalue weighted by atomic mass is 9.44. The Bertz CT molecular complexity index is 552. The highest BCUT2D eigenvalue weighted by Gasteiger charge is 2.74. The fourth-order valence-corrected chi connectivity index (χ4v) is 7.91. The van der Waals surface area contributed by atoms with Crippen molar-refractivity contribution in [3.63, 3.8) is 0 Å². The lowest BCUT2D eigenvalue weighted by molar-refractivity contribution is -0.108. The molecule has 1 heterocycles. The van der Waals surface area contributed by atoms with Crippen molar-refractivity contribution >= 4 is 0 Å². The van der Waals surface area contributed by atoms with Crippen molar-refractivity contribution < 1.29 is 4.74 Å². The zero-order valence-electron chi connectivity index (χ0n) is 14.1. The van der Waals surface area contributed by atoms with E-state index in [-0.39, 0.29) is 16.9 Å². The van der Waals surface area contributed by atoms with Crippen LogP contribution in [0.25, 0.3) is 0 Å². The van der Waals surface area contributed by atoms with E-state index in [2.05, 4.69) is 19.9 Å². The maximum atomic E-state index is 9.51. The van der Waals surface area contributed by atoms with Gasteiger partial charge in [-0.1, -0.05) is 20.3 Å². The molecule has 0 radical (unpaired) electrons. The van der Waals surface area contributed by atoms with Gasteiger partial charge in [-0.05, 0) is 74.5 Å². The summed E-state index contributed by atoms with van der Waals surface area (Å²) in [5, 5.41) is 9.51. The van der Waals surface area contributed by atoms with E-state index in [9.17, 15) is 5.26 Å². The van der Waals surface area contributed by atoms with Crippen LogP contribution in [0, 0.1) is 45.8 Å². The third-order valence-corrected chi connectivity index (χ3v) is 9.02. The zero-order chi connectivity index (χ0) is 15.2. The van der Waals surface area contributed by atoms with E-state index < -0.39 is 0 Å². The lowest BCUT2D eigenvalue weighted by Gasteiger charge is -2.59. The minimum absolute atomic E-state index is 0.174. The van der Waals surface area contributed by atoms with Crippen LogP contribution < -0.4 is 0 Å². The van der Waals surface area contributed by atoms with Gasteiger partial charge in [0.15, 0.2) is 0 Å². The highest BCUT2D eigenvalue weighted by molar-refractivity contribution is 5.24. The second-order valence-corrected chi connectivity index (χ2v) is 9.68. The standard InChI is InChI=1S/C20H29NO/c1-18-7-3-4-15(18)14-5-9-20-17(22-20)10-13(12-21)11-19(20,2)16(14)6-8-18/h13-17H,3-11H2,1-2H3/t13-,14-,15-,16-,17?,18-,19+,20+/m0/s1. The second-order valence-electron chi connectivity index (χ2n) is 9.68. The van der Waals surface area contributed by atoms with Crippen molar-refractivity contribution in [2.45, 2.75) is 83.3 Å². The highest BCUT2D eigenvalue weighted by Crippen LogP contribution is 2.73. The van der Waals surface area contributed by atoms with E-state index in [1.807, 2.05) is 0 Å². The maximum absolute atomic E-state index is 9.51. The number of rotatable bonds is 0. The van der Waals surface area contributed by atoms with Crippen LogP contribution in [0.2, 0.25) is 0 Å². The normalized spacial score (nSPS) is 62.1. The Kier molecular flexibility index (Phi) is 2.58. The molecule has 0 bridgehead atoms. The Morgan fingerprint density at radius 3 is 2.73 bits per heavy atom. The van der Waals surface area contributed by atoms with Crippen LogP contribution in [-0.4, -0.2) is 11.7 Å². The zero-order valence-corrected chi connectivity index (χ0v) is 14.1. The Balaban J connectivity index is 1.52. The van der Waals surface area contributed by atoms with Crippen LogP contribution in [0.4, 0.5) is 0 Å². The molecule has 2 heteroatoms. The Hall–Kier alpha value is -0.550. The monoisotopic (exact) mass is 299 g/mol. The summed E-state index contributed by atoms with van der Waals surface area (Å²) in [6.45, 7) is 5.08. The number of fused-ring (bicyclic) bond motifs is 4. The molecule has 1 unspecified atom stereocenters. The van der Waals surface area contributed by atoms with Gasteiger partial charge in [-0.15, -0.1) is 0 Å². The molecule has 1 aliphatic heterocycles. The van der Waals surface area contributed by atoms with Gasteiger partial charge in [0.05, 0.1) is 12.2 Å². The second kappa shape index (κ2) is 4.10. The smallest absolute Gasteiger partial charge is 0.100 e. The van der Waals surface area contributed by atoms with E-state index in [1.54, 1.807) is 0 Å². The third-order valence-electron chi connectivity index (χ3n) is 9.02. The molecule has 8 atom stereocenters. The van der Waals surface area contributed by atoms with Crippen molar-refractivity contribution in [1.82, 2.24) is 0 Å². The fourth-order valence-electron chi connectivity index (χ4n) is 7.91. The SMILES string of the molecule is C[C@@]12CCC[C@H]1[C@@H]1CC[C@@]34OC3C[C@H](C#N)C[C@]4(C)[C@H]1CC2. The summed E-state index contributed by atoms with van der Waals surface area (Å²) >= 11 is 0. The van der Waals surface area contributed by atoms with Crippen molar-refractivity contribution in [2.24, 2.45) is 34.5 Å². The molecular weight excluding hydrogens is 270 g/mol. The van der Waals surface area contributed by atoms with Gasteiger partial charge in [0.25, 0.3) is 0 Å². The molecule has 0 aromatic rings. The number of hydrogen-bond acceptors (Lipinski definition) is 2. The molecule has 5 fully saturated rings. The van der Waals surface area contributed by atoms with E-state index in [1.165, 1.54) is 44.9 Å². The molecule has 1 spiro atoms. The van der Waals surface area contributed by atoms with Crippen LogP contribution in [0.15, 0.2) is 0 Å². The van der Waals surface area contributed by atoms with Crippen LogP contribution in [-0.2, 0) is 4.74 Å². The van der Waals surface area contributed by atoms with Gasteiger partial charge in [0.1, 0.15) is 5.60 Å². The van der Waals surface area contributed by atoms with Crippen LogP contribution in [0.3, 0.4) is 0 Å². The summed E-state index contributed by atoms with van der Waals surface area (Å²) in [5.41, 5.74) is 1.09. The summed E-state index contributed by atoms with van der Waals surface area (Å²) in [5.74, 6) is 2.93. The quantitative estimate of drug-likeness (QED) is 0.608. The van der Waals surface area contributed by atoms with Gasteiger partial charge in [-0.25, -0.2) is 0 Å². The molecule has 2 nitrogen and oxygen atoms in total. The minimum Gasteiger partial charge on any atom is -0.365 e. The molecule has 120 valence electrons. The van der Waals surface area contributed by atoms with Gasteiger partial charge in [0, 0.05) is 11.3 Å². The van der Waals surface area contributed by atoms with E-state index in [0.29, 0.717) is 11.5 Å². The fraction of sp³-hybridized carbons (Fsp3) is 0.950. The molecule has 0 aromatic carbocycles. The van der Waals surface area contributed by atoms with Gasteiger partial charge < -0.3 is 4.74 Å². The molecule has 5 aliphatic rings.